The molecule has 0 spiro atoms. The van der Waals surface area contributed by atoms with E-state index in [2.05, 4.69) is 30.4 Å². The molecule has 4 heterocycles. The molecule has 0 aliphatic carbocycles. The molecule has 10 heteroatoms. The van der Waals surface area contributed by atoms with Crippen LogP contribution in [0.25, 0.3) is 5.65 Å². The van der Waals surface area contributed by atoms with Gasteiger partial charge in [-0.3, -0.25) is 14.1 Å². The number of likely N-dealkylation sites (tertiary alicyclic amines) is 1. The number of ether oxygens (including phenoxy) is 1. The van der Waals surface area contributed by atoms with Gasteiger partial charge in [-0.15, -0.1) is 10.2 Å². The lowest BCUT2D eigenvalue weighted by Gasteiger charge is -2.32. The van der Waals surface area contributed by atoms with E-state index in [0.717, 1.165) is 37.6 Å². The quantitative estimate of drug-likeness (QED) is 0.684. The summed E-state index contributed by atoms with van der Waals surface area (Å²) in [5.41, 5.74) is 0.226. The van der Waals surface area contributed by atoms with Crippen molar-refractivity contribution in [3.8, 4) is 5.88 Å². The average Bonchev–Trinajstić information content (AvgIpc) is 3.10. The third kappa shape index (κ3) is 3.61. The number of aromatic nitrogens is 6. The van der Waals surface area contributed by atoms with Gasteiger partial charge >= 0.3 is 0 Å². The smallest absolute Gasteiger partial charge is 0.295 e. The molecule has 3 aromatic rings. The molecule has 0 radical (unpaired) electrons. The standard InChI is InChI=1S/C17H22N8O2/c1-23-7-8-25-14(21-22-16(25)17(23)26)10-24-5-3-12(4-6-24)20-13-9-15(27-2)19-11-18-13/h7-9,11-12H,3-6,10H2,1-2H3,(H,18,19,20). The second-order valence-corrected chi connectivity index (χ2v) is 6.66. The van der Waals surface area contributed by atoms with Crippen LogP contribution < -0.4 is 15.6 Å². The number of hydrogen-bond donors (Lipinski definition) is 1. The predicted octanol–water partition coefficient (Wildman–Crippen LogP) is 0.303. The summed E-state index contributed by atoms with van der Waals surface area (Å²) in [7, 11) is 3.30. The molecule has 4 rings (SSSR count). The number of hydrogen-bond acceptors (Lipinski definition) is 8. The molecule has 0 unspecified atom stereocenters. The molecule has 1 saturated heterocycles. The van der Waals surface area contributed by atoms with Gasteiger partial charge < -0.3 is 14.6 Å². The van der Waals surface area contributed by atoms with Crippen LogP contribution in [-0.2, 0) is 13.6 Å². The maximum absolute atomic E-state index is 12.1. The van der Waals surface area contributed by atoms with Gasteiger partial charge in [-0.1, -0.05) is 0 Å². The molecule has 1 aliphatic rings. The second-order valence-electron chi connectivity index (χ2n) is 6.66. The van der Waals surface area contributed by atoms with Crippen molar-refractivity contribution in [1.29, 1.82) is 0 Å². The zero-order valence-electron chi connectivity index (χ0n) is 15.4. The van der Waals surface area contributed by atoms with Gasteiger partial charge in [0.1, 0.15) is 12.1 Å². The van der Waals surface area contributed by atoms with Gasteiger partial charge in [0.2, 0.25) is 11.5 Å². The van der Waals surface area contributed by atoms with Crippen molar-refractivity contribution >= 4 is 11.5 Å². The fourth-order valence-electron chi connectivity index (χ4n) is 3.30. The third-order valence-electron chi connectivity index (χ3n) is 4.87. The Kier molecular flexibility index (Phi) is 4.71. The van der Waals surface area contributed by atoms with Gasteiger partial charge in [-0.05, 0) is 12.8 Å². The van der Waals surface area contributed by atoms with Crippen molar-refractivity contribution in [2.75, 3.05) is 25.5 Å². The first-order valence-corrected chi connectivity index (χ1v) is 8.88. The topological polar surface area (TPSA) is 102 Å². The monoisotopic (exact) mass is 370 g/mol. The lowest BCUT2D eigenvalue weighted by atomic mass is 10.1. The lowest BCUT2D eigenvalue weighted by Crippen LogP contribution is -2.39. The zero-order valence-corrected chi connectivity index (χ0v) is 15.4. The number of rotatable bonds is 5. The summed E-state index contributed by atoms with van der Waals surface area (Å²) in [4.78, 5) is 22.7. The van der Waals surface area contributed by atoms with Gasteiger partial charge in [-0.25, -0.2) is 9.97 Å². The van der Waals surface area contributed by atoms with Crippen LogP contribution in [0, 0.1) is 0 Å². The minimum atomic E-state index is -0.139. The summed E-state index contributed by atoms with van der Waals surface area (Å²) in [6.07, 6.45) is 7.05. The molecule has 0 bridgehead atoms. The Morgan fingerprint density at radius 2 is 2.04 bits per heavy atom. The van der Waals surface area contributed by atoms with Gasteiger partial charge in [-0.2, -0.15) is 0 Å². The van der Waals surface area contributed by atoms with E-state index in [1.165, 1.54) is 10.9 Å². The van der Waals surface area contributed by atoms with Crippen LogP contribution in [0.15, 0.2) is 29.6 Å². The van der Waals surface area contributed by atoms with Crippen LogP contribution in [0.5, 0.6) is 5.88 Å². The number of fused-ring (bicyclic) bond motifs is 1. The summed E-state index contributed by atoms with van der Waals surface area (Å²) in [5.74, 6) is 2.11. The molecule has 1 N–H and O–H groups in total. The Bertz CT molecular complexity index is 990. The fourth-order valence-corrected chi connectivity index (χ4v) is 3.30. The van der Waals surface area contributed by atoms with Gasteiger partial charge in [0, 0.05) is 44.6 Å². The van der Waals surface area contributed by atoms with Gasteiger partial charge in [0.05, 0.1) is 13.7 Å². The van der Waals surface area contributed by atoms with Crippen molar-refractivity contribution in [2.45, 2.75) is 25.4 Å². The highest BCUT2D eigenvalue weighted by Crippen LogP contribution is 2.18. The Morgan fingerprint density at radius 1 is 1.22 bits per heavy atom. The lowest BCUT2D eigenvalue weighted by molar-refractivity contribution is 0.206. The minimum absolute atomic E-state index is 0.139. The summed E-state index contributed by atoms with van der Waals surface area (Å²) in [6.45, 7) is 2.53. The Labute approximate surface area is 155 Å². The van der Waals surface area contributed by atoms with Gasteiger partial charge in [0.25, 0.3) is 5.56 Å². The molecule has 3 aromatic heterocycles. The highest BCUT2D eigenvalue weighted by Gasteiger charge is 2.21. The average molecular weight is 370 g/mol. The summed E-state index contributed by atoms with van der Waals surface area (Å²) in [6, 6.07) is 2.15. The number of piperidine rings is 1. The minimum Gasteiger partial charge on any atom is -0.481 e. The highest BCUT2D eigenvalue weighted by atomic mass is 16.5. The normalized spacial score (nSPS) is 15.9. The summed E-state index contributed by atoms with van der Waals surface area (Å²) >= 11 is 0. The molecule has 1 aliphatic heterocycles. The van der Waals surface area contributed by atoms with E-state index in [0.29, 0.717) is 24.1 Å². The van der Waals surface area contributed by atoms with Crippen molar-refractivity contribution in [3.63, 3.8) is 0 Å². The van der Waals surface area contributed by atoms with Crippen LogP contribution in [0.3, 0.4) is 0 Å². The molecular formula is C17H22N8O2. The van der Waals surface area contributed by atoms with E-state index in [1.807, 2.05) is 6.20 Å². The molecule has 1 fully saturated rings. The Balaban J connectivity index is 1.37. The van der Waals surface area contributed by atoms with E-state index in [4.69, 9.17) is 4.74 Å². The number of aryl methyl sites for hydroxylation is 1. The van der Waals surface area contributed by atoms with Crippen LogP contribution in [-0.4, -0.2) is 60.3 Å². The first kappa shape index (κ1) is 17.4. The van der Waals surface area contributed by atoms with Crippen LogP contribution in [0.1, 0.15) is 18.7 Å². The Hall–Kier alpha value is -3.01. The number of methoxy groups -OCH3 is 1. The molecule has 0 atom stereocenters. The molecule has 10 nitrogen and oxygen atoms in total. The van der Waals surface area contributed by atoms with E-state index >= 15 is 0 Å². The maximum Gasteiger partial charge on any atom is 0.295 e. The number of nitrogens with one attached hydrogen (secondary N) is 1. The van der Waals surface area contributed by atoms with E-state index < -0.39 is 0 Å². The third-order valence-corrected chi connectivity index (χ3v) is 4.87. The summed E-state index contributed by atoms with van der Waals surface area (Å²) in [5, 5.41) is 11.7. The predicted molar refractivity (Wildman–Crippen MR) is 98.7 cm³/mol. The van der Waals surface area contributed by atoms with Crippen molar-refractivity contribution in [3.05, 3.63) is 41.0 Å². The Morgan fingerprint density at radius 3 is 2.81 bits per heavy atom. The van der Waals surface area contributed by atoms with Crippen molar-refractivity contribution < 1.29 is 4.74 Å². The summed E-state index contributed by atoms with van der Waals surface area (Å²) < 4.78 is 8.42. The molecular weight excluding hydrogens is 348 g/mol. The van der Waals surface area contributed by atoms with Crippen molar-refractivity contribution in [1.82, 2.24) is 34.0 Å². The number of nitrogens with zero attached hydrogens (tertiary/aromatic N) is 7. The van der Waals surface area contributed by atoms with Crippen LogP contribution in [0.2, 0.25) is 0 Å². The highest BCUT2D eigenvalue weighted by molar-refractivity contribution is 5.38. The van der Waals surface area contributed by atoms with Gasteiger partial charge in [0.15, 0.2) is 5.82 Å². The molecule has 142 valence electrons. The zero-order chi connectivity index (χ0) is 18.8. The molecule has 0 saturated carbocycles. The van der Waals surface area contributed by atoms with Crippen molar-refractivity contribution in [2.24, 2.45) is 7.05 Å². The van der Waals surface area contributed by atoms with Crippen LogP contribution >= 0.6 is 0 Å². The van der Waals surface area contributed by atoms with Crippen LogP contribution in [0.4, 0.5) is 5.82 Å². The molecule has 0 amide bonds. The maximum atomic E-state index is 12.1. The first-order valence-electron chi connectivity index (χ1n) is 8.88. The SMILES string of the molecule is COc1cc(NC2CCN(Cc3nnc4c(=O)n(C)ccn34)CC2)ncn1. The van der Waals surface area contributed by atoms with E-state index in [-0.39, 0.29) is 5.56 Å². The van der Waals surface area contributed by atoms with E-state index in [9.17, 15) is 4.79 Å². The largest absolute Gasteiger partial charge is 0.481 e. The molecule has 0 aromatic carbocycles. The number of anilines is 1. The fraction of sp³-hybridized carbons (Fsp3) is 0.471. The first-order chi connectivity index (χ1) is 13.1. The molecule has 27 heavy (non-hydrogen) atoms. The van der Waals surface area contributed by atoms with E-state index in [1.54, 1.807) is 30.8 Å². The second kappa shape index (κ2) is 7.31.